The lowest BCUT2D eigenvalue weighted by Crippen LogP contribution is -2.40. The first-order chi connectivity index (χ1) is 17.1. The molecule has 0 bridgehead atoms. The molecule has 0 atom stereocenters. The van der Waals surface area contributed by atoms with E-state index in [4.69, 9.17) is 18.6 Å². The van der Waals surface area contributed by atoms with Crippen molar-refractivity contribution in [1.82, 2.24) is 0 Å². The van der Waals surface area contributed by atoms with Crippen LogP contribution in [0.2, 0.25) is 18.1 Å². The maximum absolute atomic E-state index is 13.4. The largest absolute Gasteiger partial charge is 0.497 e. The monoisotopic (exact) mass is 502 g/mol. The zero-order valence-electron chi connectivity index (χ0n) is 22.1. The molecule has 1 aliphatic heterocycles. The van der Waals surface area contributed by atoms with Crippen molar-refractivity contribution in [3.63, 3.8) is 0 Å². The minimum absolute atomic E-state index is 0.0901. The summed E-state index contributed by atoms with van der Waals surface area (Å²) in [4.78, 5) is 13.4. The number of hydrogen-bond acceptors (Lipinski definition) is 5. The topological polar surface area (TPSA) is 54.0 Å². The van der Waals surface area contributed by atoms with Crippen LogP contribution < -0.4 is 14.2 Å². The quantitative estimate of drug-likeness (QED) is 0.149. The molecule has 36 heavy (non-hydrogen) atoms. The third-order valence-corrected chi connectivity index (χ3v) is 11.6. The van der Waals surface area contributed by atoms with Crippen molar-refractivity contribution in [2.24, 2.45) is 0 Å². The molecule has 1 aliphatic rings. The zero-order valence-corrected chi connectivity index (χ0v) is 23.1. The van der Waals surface area contributed by atoms with Crippen molar-refractivity contribution in [3.8, 4) is 17.2 Å². The van der Waals surface area contributed by atoms with E-state index >= 15 is 0 Å². The average Bonchev–Trinajstić information content (AvgIpc) is 3.18. The molecule has 6 heteroatoms. The predicted molar refractivity (Wildman–Crippen MR) is 146 cm³/mol. The van der Waals surface area contributed by atoms with Crippen molar-refractivity contribution < 1.29 is 23.4 Å². The van der Waals surface area contributed by atoms with E-state index in [0.717, 1.165) is 28.0 Å². The van der Waals surface area contributed by atoms with Crippen LogP contribution in [-0.2, 0) is 15.8 Å². The highest BCUT2D eigenvalue weighted by atomic mass is 28.4. The van der Waals surface area contributed by atoms with Crippen LogP contribution in [0.3, 0.4) is 0 Å². The lowest BCUT2D eigenvalue weighted by atomic mass is 9.89. The van der Waals surface area contributed by atoms with Crippen molar-refractivity contribution in [3.05, 3.63) is 89.0 Å². The molecule has 0 radical (unpaired) electrons. The number of ether oxygens (including phenoxy) is 3. The number of esters is 1. The number of hydrogen-bond donors (Lipinski definition) is 0. The summed E-state index contributed by atoms with van der Waals surface area (Å²) >= 11 is 0. The van der Waals surface area contributed by atoms with Crippen LogP contribution in [0.25, 0.3) is 11.1 Å². The minimum Gasteiger partial charge on any atom is -0.497 e. The van der Waals surface area contributed by atoms with E-state index in [1.54, 1.807) is 14.2 Å². The molecule has 4 rings (SSSR count). The maximum atomic E-state index is 13.4. The number of benzene rings is 3. The van der Waals surface area contributed by atoms with Crippen LogP contribution in [0.5, 0.6) is 17.2 Å². The number of carbonyl (C=O) groups is 1. The molecule has 0 saturated heterocycles. The minimum atomic E-state index is -1.97. The Labute approximate surface area is 214 Å². The second-order valence-corrected chi connectivity index (χ2v) is 15.3. The Bertz CT molecular complexity index is 1290. The smallest absolute Gasteiger partial charge is 0.345 e. The normalized spacial score (nSPS) is 14.8. The molecule has 0 saturated carbocycles. The van der Waals surface area contributed by atoms with Gasteiger partial charge in [-0.2, -0.15) is 0 Å². The van der Waals surface area contributed by atoms with Crippen LogP contribution in [0.1, 0.15) is 43.0 Å². The molecule has 0 amide bonds. The summed E-state index contributed by atoms with van der Waals surface area (Å²) in [5.74, 6) is 1.31. The zero-order chi connectivity index (χ0) is 26.1. The highest BCUT2D eigenvalue weighted by molar-refractivity contribution is 6.74. The van der Waals surface area contributed by atoms with Crippen molar-refractivity contribution in [2.75, 3.05) is 14.2 Å². The maximum Gasteiger partial charge on any atom is 0.345 e. The number of carbonyl (C=O) groups excluding carboxylic acids is 1. The van der Waals surface area contributed by atoms with E-state index in [0.29, 0.717) is 29.2 Å². The van der Waals surface area contributed by atoms with Gasteiger partial charge >= 0.3 is 5.97 Å². The summed E-state index contributed by atoms with van der Waals surface area (Å²) in [7, 11) is 1.25. The third kappa shape index (κ3) is 4.97. The van der Waals surface area contributed by atoms with Gasteiger partial charge in [-0.05, 0) is 59.1 Å². The molecule has 0 aromatic heterocycles. The molecule has 5 nitrogen and oxygen atoms in total. The molecule has 0 N–H and O–H groups in total. The molecule has 0 fully saturated rings. The second kappa shape index (κ2) is 9.95. The highest BCUT2D eigenvalue weighted by Gasteiger charge is 2.38. The lowest BCUT2D eigenvalue weighted by molar-refractivity contribution is -0.127. The molecule has 188 valence electrons. The number of rotatable bonds is 7. The Balaban J connectivity index is 1.89. The SMILES string of the molecule is COc1ccc(C(=C2C(=O)Oc3c(OC)cc(CO[Si](C)(C)C(C)(C)C)cc32)c2ccccc2)cc1. The summed E-state index contributed by atoms with van der Waals surface area (Å²) < 4.78 is 23.3. The van der Waals surface area contributed by atoms with E-state index in [1.807, 2.05) is 66.7 Å². The summed E-state index contributed by atoms with van der Waals surface area (Å²) in [6.45, 7) is 11.6. The van der Waals surface area contributed by atoms with Gasteiger partial charge < -0.3 is 18.6 Å². The molecule has 0 unspecified atom stereocenters. The first-order valence-electron chi connectivity index (χ1n) is 12.1. The Hall–Kier alpha value is -3.35. The number of fused-ring (bicyclic) bond motifs is 1. The molecular formula is C30H34O5Si. The Morgan fingerprint density at radius 1 is 0.889 bits per heavy atom. The fraction of sp³-hybridized carbons (Fsp3) is 0.300. The second-order valence-electron chi connectivity index (χ2n) is 10.5. The Kier molecular flexibility index (Phi) is 7.11. The van der Waals surface area contributed by atoms with Gasteiger partial charge in [-0.3, -0.25) is 0 Å². The van der Waals surface area contributed by atoms with Crippen molar-refractivity contribution in [1.29, 1.82) is 0 Å². The van der Waals surface area contributed by atoms with Crippen LogP contribution in [0.15, 0.2) is 66.7 Å². The lowest BCUT2D eigenvalue weighted by Gasteiger charge is -2.36. The first kappa shape index (κ1) is 25.7. The predicted octanol–water partition coefficient (Wildman–Crippen LogP) is 7.10. The molecular weight excluding hydrogens is 468 g/mol. The first-order valence-corrected chi connectivity index (χ1v) is 15.0. The van der Waals surface area contributed by atoms with E-state index in [2.05, 4.69) is 33.9 Å². The molecule has 0 spiro atoms. The average molecular weight is 503 g/mol. The van der Waals surface area contributed by atoms with Gasteiger partial charge in [0.25, 0.3) is 0 Å². The Morgan fingerprint density at radius 2 is 1.53 bits per heavy atom. The fourth-order valence-electron chi connectivity index (χ4n) is 3.97. The van der Waals surface area contributed by atoms with E-state index in [9.17, 15) is 4.79 Å². The van der Waals surface area contributed by atoms with E-state index < -0.39 is 14.3 Å². The number of methoxy groups -OCH3 is 2. The van der Waals surface area contributed by atoms with Crippen LogP contribution >= 0.6 is 0 Å². The molecule has 1 heterocycles. The van der Waals surface area contributed by atoms with Gasteiger partial charge in [0.2, 0.25) is 0 Å². The van der Waals surface area contributed by atoms with Gasteiger partial charge in [0, 0.05) is 11.1 Å². The molecule has 3 aromatic rings. The Morgan fingerprint density at radius 3 is 2.11 bits per heavy atom. The summed E-state index contributed by atoms with van der Waals surface area (Å²) in [6.07, 6.45) is 0. The van der Waals surface area contributed by atoms with E-state index in [1.165, 1.54) is 0 Å². The van der Waals surface area contributed by atoms with Crippen molar-refractivity contribution >= 4 is 25.4 Å². The van der Waals surface area contributed by atoms with Gasteiger partial charge in [-0.15, -0.1) is 0 Å². The van der Waals surface area contributed by atoms with Gasteiger partial charge in [0.1, 0.15) is 5.75 Å². The van der Waals surface area contributed by atoms with Crippen molar-refractivity contribution in [2.45, 2.75) is 45.5 Å². The summed E-state index contributed by atoms with van der Waals surface area (Å²) in [5.41, 5.74) is 4.77. The summed E-state index contributed by atoms with van der Waals surface area (Å²) in [5, 5.41) is 0.0901. The van der Waals surface area contributed by atoms with Gasteiger partial charge in [0.05, 0.1) is 26.4 Å². The summed E-state index contributed by atoms with van der Waals surface area (Å²) in [6, 6.07) is 21.5. The van der Waals surface area contributed by atoms with Crippen LogP contribution in [0.4, 0.5) is 0 Å². The fourth-order valence-corrected chi connectivity index (χ4v) is 4.93. The highest BCUT2D eigenvalue weighted by Crippen LogP contribution is 2.47. The van der Waals surface area contributed by atoms with Gasteiger partial charge in [-0.1, -0.05) is 63.2 Å². The van der Waals surface area contributed by atoms with Crippen LogP contribution in [0, 0.1) is 0 Å². The standard InChI is InChI=1S/C30H34O5Si/c1-30(2,3)36(6,7)34-19-20-17-24-27(29(31)35-28(24)25(18-20)33-5)26(21-11-9-8-10-12-21)22-13-15-23(32-4)16-14-22/h8-18H,19H2,1-7H3. The third-order valence-electron chi connectivity index (χ3n) is 7.10. The van der Waals surface area contributed by atoms with Crippen LogP contribution in [-0.4, -0.2) is 28.5 Å². The molecule has 3 aromatic carbocycles. The molecule has 0 aliphatic carbocycles. The van der Waals surface area contributed by atoms with E-state index in [-0.39, 0.29) is 5.04 Å². The van der Waals surface area contributed by atoms with Gasteiger partial charge in [0.15, 0.2) is 19.8 Å². The van der Waals surface area contributed by atoms with Gasteiger partial charge in [-0.25, -0.2) is 4.79 Å².